The molecule has 0 aliphatic carbocycles. The topological polar surface area (TPSA) is 91.0 Å². The van der Waals surface area contributed by atoms with Crippen LogP contribution in [0, 0.1) is 5.92 Å². The molecule has 0 aromatic rings. The molecule has 0 aromatic carbocycles. The first kappa shape index (κ1) is 25.8. The Kier molecular flexibility index (Phi) is 18.6. The Morgan fingerprint density at radius 2 is 1.50 bits per heavy atom. The van der Waals surface area contributed by atoms with Gasteiger partial charge in [0.1, 0.15) is 0 Å². The number of carbonyl (C=O) groups is 1. The lowest BCUT2D eigenvalue weighted by molar-refractivity contribution is -0.142. The molecule has 0 heterocycles. The first-order valence-corrected chi connectivity index (χ1v) is 11.2. The van der Waals surface area contributed by atoms with Crippen molar-refractivity contribution in [1.82, 2.24) is 0 Å². The van der Waals surface area contributed by atoms with E-state index in [9.17, 15) is 4.79 Å². The number of nitrogens with two attached hydrogens (primary N) is 1. The average molecular weight is 366 g/mol. The number of hydrogen-bond acceptors (Lipinski definition) is 5. The van der Waals surface area contributed by atoms with Gasteiger partial charge in [-0.1, -0.05) is 26.7 Å². The molecule has 0 aromatic heterocycles. The minimum Gasteiger partial charge on any atom is -0.481 e. The highest BCUT2D eigenvalue weighted by atomic mass is 28.4. The number of carboxylic acids is 1. The molecule has 24 heavy (non-hydrogen) atoms. The van der Waals surface area contributed by atoms with Crippen molar-refractivity contribution >= 4 is 14.8 Å². The Balaban J connectivity index is 0. The maximum Gasteiger partial charge on any atom is 0.500 e. The van der Waals surface area contributed by atoms with Crippen molar-refractivity contribution < 1.29 is 23.2 Å². The monoisotopic (exact) mass is 365 g/mol. The van der Waals surface area contributed by atoms with Gasteiger partial charge in [0, 0.05) is 25.9 Å². The van der Waals surface area contributed by atoms with E-state index in [1.807, 2.05) is 27.7 Å². The normalized spacial score (nSPS) is 12.4. The van der Waals surface area contributed by atoms with Gasteiger partial charge in [0.25, 0.3) is 0 Å². The van der Waals surface area contributed by atoms with E-state index >= 15 is 0 Å². The Hall–Kier alpha value is -0.473. The lowest BCUT2D eigenvalue weighted by atomic mass is 10.00. The number of aliphatic carboxylic acids is 1. The number of rotatable bonds is 14. The van der Waals surface area contributed by atoms with Gasteiger partial charge in [-0.25, -0.2) is 0 Å². The molecular weight excluding hydrogens is 326 g/mol. The summed E-state index contributed by atoms with van der Waals surface area (Å²) >= 11 is 0. The summed E-state index contributed by atoms with van der Waals surface area (Å²) < 4.78 is 17.0. The molecule has 0 aliphatic rings. The van der Waals surface area contributed by atoms with Crippen LogP contribution < -0.4 is 5.73 Å². The Morgan fingerprint density at radius 3 is 1.79 bits per heavy atom. The quantitative estimate of drug-likeness (QED) is 0.456. The Labute approximate surface area is 149 Å². The van der Waals surface area contributed by atoms with Gasteiger partial charge in [0.15, 0.2) is 0 Å². The Bertz CT molecular complexity index is 275. The van der Waals surface area contributed by atoms with Gasteiger partial charge in [0.2, 0.25) is 0 Å². The van der Waals surface area contributed by atoms with E-state index in [0.29, 0.717) is 26.4 Å². The van der Waals surface area contributed by atoms with Gasteiger partial charge in [-0.05, 0) is 46.6 Å². The lowest BCUT2D eigenvalue weighted by Gasteiger charge is -2.28. The highest BCUT2D eigenvalue weighted by Crippen LogP contribution is 2.17. The van der Waals surface area contributed by atoms with E-state index in [1.54, 1.807) is 0 Å². The van der Waals surface area contributed by atoms with Crippen LogP contribution in [-0.2, 0) is 18.1 Å². The second kappa shape index (κ2) is 17.4. The molecule has 0 spiro atoms. The third kappa shape index (κ3) is 12.9. The summed E-state index contributed by atoms with van der Waals surface area (Å²) in [6, 6.07) is 0.818. The summed E-state index contributed by atoms with van der Waals surface area (Å²) in [6.07, 6.45) is 4.61. The molecule has 7 heteroatoms. The van der Waals surface area contributed by atoms with E-state index in [4.69, 9.17) is 24.1 Å². The smallest absolute Gasteiger partial charge is 0.481 e. The molecule has 6 nitrogen and oxygen atoms in total. The predicted molar refractivity (Wildman–Crippen MR) is 100 cm³/mol. The van der Waals surface area contributed by atoms with Gasteiger partial charge in [0.05, 0.1) is 5.92 Å². The summed E-state index contributed by atoms with van der Waals surface area (Å²) in [7, 11) is -2.40. The third-order valence-corrected chi connectivity index (χ3v) is 6.68. The molecule has 0 aliphatic heterocycles. The summed E-state index contributed by atoms with van der Waals surface area (Å²) in [5, 5.41) is 8.60. The maximum atomic E-state index is 10.4. The fourth-order valence-electron chi connectivity index (χ4n) is 2.27. The Morgan fingerprint density at radius 1 is 1.00 bits per heavy atom. The van der Waals surface area contributed by atoms with Crippen LogP contribution in [0.25, 0.3) is 0 Å². The largest absolute Gasteiger partial charge is 0.500 e. The maximum absolute atomic E-state index is 10.4. The second-order valence-corrected chi connectivity index (χ2v) is 8.19. The van der Waals surface area contributed by atoms with Crippen LogP contribution in [0.4, 0.5) is 0 Å². The SMILES string of the molecule is CCCCC(CC)C(=O)O.CCO[Si](CCCN)(OCC)OCC. The fraction of sp³-hybridized carbons (Fsp3) is 0.941. The van der Waals surface area contributed by atoms with Crippen molar-refractivity contribution in [2.24, 2.45) is 11.7 Å². The molecule has 1 unspecified atom stereocenters. The lowest BCUT2D eigenvalue weighted by Crippen LogP contribution is -2.46. The van der Waals surface area contributed by atoms with E-state index in [0.717, 1.165) is 38.1 Å². The van der Waals surface area contributed by atoms with Crippen molar-refractivity contribution in [3.63, 3.8) is 0 Å². The molecule has 0 saturated heterocycles. The van der Waals surface area contributed by atoms with Gasteiger partial charge in [-0.2, -0.15) is 0 Å². The molecule has 1 atom stereocenters. The number of carboxylic acid groups (broad SMARTS) is 1. The minimum absolute atomic E-state index is 0.111. The van der Waals surface area contributed by atoms with E-state index < -0.39 is 14.8 Å². The van der Waals surface area contributed by atoms with Gasteiger partial charge >= 0.3 is 14.8 Å². The fourth-order valence-corrected chi connectivity index (χ4v) is 4.91. The van der Waals surface area contributed by atoms with Crippen LogP contribution in [0.15, 0.2) is 0 Å². The van der Waals surface area contributed by atoms with Gasteiger partial charge in [-0.3, -0.25) is 4.79 Å². The molecule has 0 fully saturated rings. The zero-order valence-electron chi connectivity index (χ0n) is 16.3. The van der Waals surface area contributed by atoms with Gasteiger partial charge < -0.3 is 24.1 Å². The molecule has 0 rings (SSSR count). The van der Waals surface area contributed by atoms with Crippen molar-refractivity contribution in [3.8, 4) is 0 Å². The summed E-state index contributed by atoms with van der Waals surface area (Å²) in [5.41, 5.74) is 5.48. The first-order chi connectivity index (χ1) is 11.5. The highest BCUT2D eigenvalue weighted by molar-refractivity contribution is 6.60. The molecule has 0 radical (unpaired) electrons. The van der Waals surface area contributed by atoms with Crippen LogP contribution in [-0.4, -0.2) is 46.2 Å². The number of unbranched alkanes of at least 4 members (excludes halogenated alkanes) is 1. The minimum atomic E-state index is -2.40. The van der Waals surface area contributed by atoms with Crippen LogP contribution in [0.2, 0.25) is 6.04 Å². The zero-order valence-corrected chi connectivity index (χ0v) is 17.3. The van der Waals surface area contributed by atoms with E-state index in [-0.39, 0.29) is 5.92 Å². The molecule has 3 N–H and O–H groups in total. The first-order valence-electron chi connectivity index (χ1n) is 9.31. The van der Waals surface area contributed by atoms with Crippen molar-refractivity contribution in [1.29, 1.82) is 0 Å². The average Bonchev–Trinajstić information content (AvgIpc) is 2.55. The molecule has 0 bridgehead atoms. The van der Waals surface area contributed by atoms with Crippen molar-refractivity contribution in [3.05, 3.63) is 0 Å². The summed E-state index contributed by atoms with van der Waals surface area (Å²) in [4.78, 5) is 10.4. The van der Waals surface area contributed by atoms with Crippen LogP contribution >= 0.6 is 0 Å². The standard InChI is InChI=1S/C9H23NO3Si.C8H16O2/c1-4-11-14(12-5-2,13-6-3)9-7-8-10;1-3-5-6-7(4-2)8(9)10/h4-10H2,1-3H3;7H,3-6H2,1-2H3,(H,9,10). The third-order valence-electron chi connectivity index (χ3n) is 3.53. The van der Waals surface area contributed by atoms with E-state index in [1.165, 1.54) is 0 Å². The van der Waals surface area contributed by atoms with Crippen LogP contribution in [0.1, 0.15) is 66.7 Å². The zero-order chi connectivity index (χ0) is 18.8. The van der Waals surface area contributed by atoms with Crippen molar-refractivity contribution in [2.75, 3.05) is 26.4 Å². The number of hydrogen-bond donors (Lipinski definition) is 2. The summed E-state index contributed by atoms with van der Waals surface area (Å²) in [6.45, 7) is 12.4. The molecular formula is C17H39NO5Si. The van der Waals surface area contributed by atoms with Crippen LogP contribution in [0.5, 0.6) is 0 Å². The molecule has 146 valence electrons. The predicted octanol–water partition coefficient (Wildman–Crippen LogP) is 3.67. The molecule has 0 saturated carbocycles. The van der Waals surface area contributed by atoms with Gasteiger partial charge in [-0.15, -0.1) is 0 Å². The summed E-state index contributed by atoms with van der Waals surface area (Å²) in [5.74, 6) is -0.754. The molecule has 0 amide bonds. The van der Waals surface area contributed by atoms with Crippen molar-refractivity contribution in [2.45, 2.75) is 72.8 Å². The van der Waals surface area contributed by atoms with E-state index in [2.05, 4.69) is 6.92 Å². The highest BCUT2D eigenvalue weighted by Gasteiger charge is 2.39. The van der Waals surface area contributed by atoms with Crippen LogP contribution in [0.3, 0.4) is 0 Å². The second-order valence-electron chi connectivity index (χ2n) is 5.46.